The van der Waals surface area contributed by atoms with Crippen LogP contribution in [0.4, 0.5) is 15.9 Å². The average molecular weight is 601 g/mol. The molecule has 1 unspecified atom stereocenters. The maximum absolute atomic E-state index is 14.2. The number of rotatable bonds is 7. The molecule has 2 N–H and O–H groups in total. The molecule has 0 bridgehead atoms. The quantitative estimate of drug-likeness (QED) is 0.255. The number of methoxy groups -OCH3 is 1. The number of hydrogen-bond acceptors (Lipinski definition) is 10. The highest BCUT2D eigenvalue weighted by molar-refractivity contribution is 7.69. The molecular weight excluding hydrogens is 575 g/mol. The van der Waals surface area contributed by atoms with Gasteiger partial charge < -0.3 is 10.5 Å². The van der Waals surface area contributed by atoms with Crippen LogP contribution in [-0.2, 0) is 15.1 Å². The number of ether oxygens (including phenoxy) is 1. The lowest BCUT2D eigenvalue weighted by Crippen LogP contribution is -2.21. The number of thiol groups is 1. The Balaban J connectivity index is 1.61. The van der Waals surface area contributed by atoms with Gasteiger partial charge in [0, 0.05) is 23.5 Å². The summed E-state index contributed by atoms with van der Waals surface area (Å²) in [6, 6.07) is 14.9. The normalized spacial score (nSPS) is 13.0. The fraction of sp³-hybridized carbons (Fsp3) is 0.138. The third-order valence-corrected chi connectivity index (χ3v) is 7.70. The molecule has 0 aliphatic rings. The lowest BCUT2D eigenvalue weighted by atomic mass is 9.96. The highest BCUT2D eigenvalue weighted by Crippen LogP contribution is 2.37. The highest BCUT2D eigenvalue weighted by Gasteiger charge is 2.25. The largest absolute Gasteiger partial charge is 0.479 e. The molecule has 5 heterocycles. The van der Waals surface area contributed by atoms with Gasteiger partial charge in [0.15, 0.2) is 16.5 Å². The van der Waals surface area contributed by atoms with Gasteiger partial charge in [-0.1, -0.05) is 30.3 Å². The Kier molecular flexibility index (Phi) is 7.29. The van der Waals surface area contributed by atoms with E-state index in [-0.39, 0.29) is 22.9 Å². The molecule has 43 heavy (non-hydrogen) atoms. The molecule has 0 amide bonds. The summed E-state index contributed by atoms with van der Waals surface area (Å²) >= 11 is 0. The second kappa shape index (κ2) is 11.2. The molecule has 0 radical (unpaired) electrons. The lowest BCUT2D eigenvalue weighted by molar-refractivity contribution is 0.399. The van der Waals surface area contributed by atoms with Gasteiger partial charge in [-0.3, -0.25) is 13.4 Å². The number of hydrogen-bond donors (Lipinski definition) is 2. The van der Waals surface area contributed by atoms with Gasteiger partial charge >= 0.3 is 0 Å². The van der Waals surface area contributed by atoms with Crippen LogP contribution in [0.15, 0.2) is 82.5 Å². The van der Waals surface area contributed by atoms with E-state index in [1.165, 1.54) is 43.4 Å². The van der Waals surface area contributed by atoms with Crippen molar-refractivity contribution in [2.45, 2.75) is 13.0 Å². The molecule has 0 saturated carbocycles. The molecule has 0 aliphatic carbocycles. The van der Waals surface area contributed by atoms with Crippen LogP contribution >= 0.6 is 0 Å². The predicted molar refractivity (Wildman–Crippen MR) is 161 cm³/mol. The van der Waals surface area contributed by atoms with E-state index in [1.807, 2.05) is 43.3 Å². The van der Waals surface area contributed by atoms with Gasteiger partial charge in [0.25, 0.3) is 5.56 Å². The van der Waals surface area contributed by atoms with Crippen molar-refractivity contribution in [3.05, 3.63) is 95.1 Å². The number of nitrogens with two attached hydrogens (primary N) is 1. The van der Waals surface area contributed by atoms with Crippen molar-refractivity contribution < 1.29 is 17.5 Å². The number of nitrogens with zero attached hydrogens (tertiary/aromatic N) is 7. The highest BCUT2D eigenvalue weighted by atomic mass is 32.2. The first kappa shape index (κ1) is 27.9. The minimum atomic E-state index is -2.35. The summed E-state index contributed by atoms with van der Waals surface area (Å²) in [6.45, 7) is 1.88. The maximum Gasteiger partial charge on any atom is 0.263 e. The average Bonchev–Trinajstić information content (AvgIpc) is 3.42. The third-order valence-electron chi connectivity index (χ3n) is 7.01. The second-order valence-electron chi connectivity index (χ2n) is 9.49. The number of nitrogen functional groups attached to an aromatic ring is 1. The van der Waals surface area contributed by atoms with Crippen molar-refractivity contribution in [2.24, 2.45) is 4.36 Å². The second-order valence-corrected chi connectivity index (χ2v) is 10.5. The summed E-state index contributed by atoms with van der Waals surface area (Å²) in [5, 5.41) is 5.34. The van der Waals surface area contributed by atoms with Gasteiger partial charge in [-0.25, -0.2) is 28.2 Å². The first-order valence-corrected chi connectivity index (χ1v) is 14.1. The lowest BCUT2D eigenvalue weighted by Gasteiger charge is -2.19. The Morgan fingerprint density at radius 3 is 2.58 bits per heavy atom. The summed E-state index contributed by atoms with van der Waals surface area (Å²) in [6.07, 6.45) is 4.02. The molecule has 14 heteroatoms. The maximum atomic E-state index is 14.2. The Morgan fingerprint density at radius 1 is 1.05 bits per heavy atom. The molecule has 0 saturated heterocycles. The molecule has 0 spiro atoms. The Hall–Kier alpha value is -5.21. The summed E-state index contributed by atoms with van der Waals surface area (Å²) in [7, 11) is 0.342. The van der Waals surface area contributed by atoms with E-state index in [4.69, 9.17) is 19.8 Å². The molecule has 2 atom stereocenters. The van der Waals surface area contributed by atoms with Crippen molar-refractivity contribution >= 4 is 38.9 Å². The minimum Gasteiger partial charge on any atom is -0.479 e. The van der Waals surface area contributed by atoms with Crippen LogP contribution < -0.4 is 16.0 Å². The van der Waals surface area contributed by atoms with Crippen molar-refractivity contribution in [3.63, 3.8) is 0 Å². The predicted octanol–water partition coefficient (Wildman–Crippen LogP) is 4.36. The summed E-state index contributed by atoms with van der Waals surface area (Å²) in [5.74, 6) is -0.210. The Morgan fingerprint density at radius 2 is 1.84 bits per heavy atom. The van der Waals surface area contributed by atoms with Crippen molar-refractivity contribution in [2.75, 3.05) is 20.0 Å². The molecule has 218 valence electrons. The first-order chi connectivity index (χ1) is 20.8. The molecule has 6 rings (SSSR count). The minimum absolute atomic E-state index is 0.144. The smallest absolute Gasteiger partial charge is 0.263 e. The van der Waals surface area contributed by atoms with Gasteiger partial charge in [-0.2, -0.15) is 9.46 Å². The summed E-state index contributed by atoms with van der Waals surface area (Å²) < 4.78 is 43.3. The number of anilines is 1. The number of halogens is 1. The van der Waals surface area contributed by atoms with Gasteiger partial charge in [-0.05, 0) is 42.3 Å². The van der Waals surface area contributed by atoms with Crippen LogP contribution in [0, 0.1) is 5.82 Å². The zero-order valence-electron chi connectivity index (χ0n) is 23.2. The molecule has 12 nitrogen and oxygen atoms in total. The number of aromatic nitrogens is 6. The van der Waals surface area contributed by atoms with Crippen molar-refractivity contribution in [3.8, 4) is 28.3 Å². The summed E-state index contributed by atoms with van der Waals surface area (Å²) in [4.78, 5) is 26.8. The van der Waals surface area contributed by atoms with E-state index in [9.17, 15) is 13.4 Å². The Labute approximate surface area is 246 Å². The molecule has 5 aromatic heterocycles. The molecule has 0 aliphatic heterocycles. The third kappa shape index (κ3) is 4.96. The van der Waals surface area contributed by atoms with Crippen LogP contribution in [0.1, 0.15) is 18.5 Å². The van der Waals surface area contributed by atoms with E-state index in [0.29, 0.717) is 44.5 Å². The van der Waals surface area contributed by atoms with Gasteiger partial charge in [-0.15, -0.1) is 0 Å². The number of pyridine rings is 3. The molecule has 1 aromatic carbocycles. The van der Waals surface area contributed by atoms with Crippen molar-refractivity contribution in [1.82, 2.24) is 29.1 Å². The first-order valence-electron chi connectivity index (χ1n) is 13.0. The van der Waals surface area contributed by atoms with Crippen molar-refractivity contribution in [1.29, 1.82) is 0 Å². The molecular formula is C29H25FN8O4S. The summed E-state index contributed by atoms with van der Waals surface area (Å²) in [5.41, 5.74) is 9.63. The van der Waals surface area contributed by atoms with Crippen LogP contribution in [0.5, 0.6) is 5.88 Å². The van der Waals surface area contributed by atoms with Crippen LogP contribution in [0.3, 0.4) is 0 Å². The van der Waals surface area contributed by atoms with E-state index in [0.717, 1.165) is 0 Å². The zero-order valence-corrected chi connectivity index (χ0v) is 24.1. The van der Waals surface area contributed by atoms with Gasteiger partial charge in [0.2, 0.25) is 5.88 Å². The van der Waals surface area contributed by atoms with Crippen LogP contribution in [0.2, 0.25) is 0 Å². The number of fused-ring (bicyclic) bond motifs is 2. The van der Waals surface area contributed by atoms with Crippen LogP contribution in [0.25, 0.3) is 38.9 Å². The topological polar surface area (TPSA) is 152 Å². The van der Waals surface area contributed by atoms with Gasteiger partial charge in [0.1, 0.15) is 29.3 Å². The van der Waals surface area contributed by atoms with Crippen LogP contribution in [-0.4, -0.2) is 47.6 Å². The SMILES string of the molecule is COc1ncc(-c2nn([C@@H](C)c3cc4ccc(F)cn4c(=O)c3-c3ccccc3)c3ncnc(N)c23)cc1N=[SH](=O)OC. The monoisotopic (exact) mass is 600 g/mol. The fourth-order valence-corrected chi connectivity index (χ4v) is 5.41. The standard InChI is InChI=1S/C29H25FN8O4S/c1-16(21-12-20-10-9-19(30)14-37(20)29(39)23(21)17-7-5-4-6-8-17)38-27-24(26(31)33-15-34-27)25(35-38)18-11-22(36-43(40)42-3)28(41-2)32-13-18/h4-16,43H,1-3H3,(H2,31,33,34)/t16-/m0/s1. The Bertz CT molecular complexity index is 2160. The van der Waals surface area contributed by atoms with E-state index < -0.39 is 22.7 Å². The van der Waals surface area contributed by atoms with E-state index >= 15 is 0 Å². The zero-order chi connectivity index (χ0) is 30.2. The fourth-order valence-electron chi connectivity index (χ4n) is 5.01. The number of benzene rings is 1. The van der Waals surface area contributed by atoms with E-state index in [1.54, 1.807) is 16.8 Å². The molecule has 6 aromatic rings. The van der Waals surface area contributed by atoms with E-state index in [2.05, 4.69) is 19.3 Å². The molecule has 0 fully saturated rings. The van der Waals surface area contributed by atoms with Gasteiger partial charge in [0.05, 0.1) is 31.2 Å².